The van der Waals surface area contributed by atoms with Gasteiger partial charge in [0.15, 0.2) is 0 Å². The van der Waals surface area contributed by atoms with Crippen molar-refractivity contribution >= 4 is 44.5 Å². The molecule has 1 aromatic heterocycles. The van der Waals surface area contributed by atoms with Crippen molar-refractivity contribution in [2.45, 2.75) is 20.3 Å². The minimum atomic E-state index is 0.0705. The molecular formula is C16H20N2OS2. The molecule has 112 valence electrons. The van der Waals surface area contributed by atoms with E-state index in [1.54, 1.807) is 0 Å². The van der Waals surface area contributed by atoms with Gasteiger partial charge in [0.05, 0.1) is 9.87 Å². The molecular weight excluding hydrogens is 300 g/mol. The van der Waals surface area contributed by atoms with Gasteiger partial charge in [-0.2, -0.15) is 0 Å². The molecule has 0 saturated carbocycles. The first-order chi connectivity index (χ1) is 9.97. The summed E-state index contributed by atoms with van der Waals surface area (Å²) < 4.78 is 1.14. The molecule has 0 aliphatic carbocycles. The average molecular weight is 320 g/mol. The first kappa shape index (κ1) is 15.9. The van der Waals surface area contributed by atoms with E-state index in [1.165, 1.54) is 11.3 Å². The molecule has 0 fully saturated rings. The van der Waals surface area contributed by atoms with Crippen molar-refractivity contribution in [3.8, 4) is 0 Å². The molecule has 0 atom stereocenters. The summed E-state index contributed by atoms with van der Waals surface area (Å²) in [5.41, 5.74) is 5.57. The number of fused-ring (bicyclic) bond motifs is 1. The van der Waals surface area contributed by atoms with Crippen molar-refractivity contribution in [3.05, 3.63) is 35.2 Å². The second kappa shape index (κ2) is 7.00. The summed E-state index contributed by atoms with van der Waals surface area (Å²) >= 11 is 6.47. The number of nitrogens with zero attached hydrogens (tertiary/aromatic N) is 1. The Hall–Kier alpha value is -1.46. The molecule has 3 nitrogen and oxygen atoms in total. The van der Waals surface area contributed by atoms with Gasteiger partial charge in [-0.05, 0) is 23.4 Å². The van der Waals surface area contributed by atoms with Crippen LogP contribution in [0.4, 0.5) is 0 Å². The largest absolute Gasteiger partial charge is 0.393 e. The Labute approximate surface area is 134 Å². The summed E-state index contributed by atoms with van der Waals surface area (Å²) in [4.78, 5) is 15.8. The molecule has 0 saturated heterocycles. The molecule has 1 aromatic carbocycles. The number of carbonyl (C=O) groups excluding carboxylic acids is 1. The lowest BCUT2D eigenvalue weighted by Gasteiger charge is -2.23. The van der Waals surface area contributed by atoms with Crippen LogP contribution < -0.4 is 5.73 Å². The topological polar surface area (TPSA) is 46.3 Å². The highest BCUT2D eigenvalue weighted by atomic mass is 32.1. The van der Waals surface area contributed by atoms with Crippen LogP contribution in [0.2, 0.25) is 0 Å². The Morgan fingerprint density at radius 1 is 1.38 bits per heavy atom. The maximum Gasteiger partial charge on any atom is 0.263 e. The van der Waals surface area contributed by atoms with Crippen LogP contribution in [0.1, 0.15) is 29.9 Å². The standard InChI is InChI=1S/C16H20N2OS2/c1-11(2)10-18(8-7-15(17)20)16(19)14-9-12-5-3-4-6-13(12)21-14/h3-6,9,11H,7-8,10H2,1-2H3,(H2,17,20). The van der Waals surface area contributed by atoms with Crippen molar-refractivity contribution in [2.75, 3.05) is 13.1 Å². The molecule has 1 heterocycles. The van der Waals surface area contributed by atoms with Crippen molar-refractivity contribution in [1.29, 1.82) is 0 Å². The minimum Gasteiger partial charge on any atom is -0.393 e. The molecule has 21 heavy (non-hydrogen) atoms. The van der Waals surface area contributed by atoms with Gasteiger partial charge < -0.3 is 10.6 Å². The molecule has 0 radical (unpaired) electrons. The van der Waals surface area contributed by atoms with Gasteiger partial charge in [0.25, 0.3) is 5.91 Å². The van der Waals surface area contributed by atoms with Crippen LogP contribution in [0, 0.1) is 5.92 Å². The summed E-state index contributed by atoms with van der Waals surface area (Å²) in [5.74, 6) is 0.482. The molecule has 2 rings (SSSR count). The van der Waals surface area contributed by atoms with Crippen LogP contribution in [0.3, 0.4) is 0 Å². The van der Waals surface area contributed by atoms with Crippen LogP contribution in [-0.4, -0.2) is 28.9 Å². The van der Waals surface area contributed by atoms with E-state index in [9.17, 15) is 4.79 Å². The van der Waals surface area contributed by atoms with Crippen LogP contribution in [0.15, 0.2) is 30.3 Å². The average Bonchev–Trinajstić information content (AvgIpc) is 2.86. The number of amides is 1. The van der Waals surface area contributed by atoms with Gasteiger partial charge in [0.1, 0.15) is 0 Å². The lowest BCUT2D eigenvalue weighted by atomic mass is 10.2. The van der Waals surface area contributed by atoms with Crippen molar-refractivity contribution in [3.63, 3.8) is 0 Å². The fourth-order valence-electron chi connectivity index (χ4n) is 2.20. The second-order valence-corrected chi connectivity index (χ2v) is 7.12. The van der Waals surface area contributed by atoms with Crippen LogP contribution in [0.25, 0.3) is 10.1 Å². The molecule has 0 aliphatic rings. The number of hydrogen-bond acceptors (Lipinski definition) is 3. The molecule has 2 aromatic rings. The number of nitrogens with two attached hydrogens (primary N) is 1. The van der Waals surface area contributed by atoms with Gasteiger partial charge in [-0.25, -0.2) is 0 Å². The molecule has 5 heteroatoms. The van der Waals surface area contributed by atoms with Crippen molar-refractivity contribution < 1.29 is 4.79 Å². The van der Waals surface area contributed by atoms with E-state index in [4.69, 9.17) is 18.0 Å². The normalized spacial score (nSPS) is 11.0. The zero-order valence-corrected chi connectivity index (χ0v) is 14.0. The van der Waals surface area contributed by atoms with E-state index < -0.39 is 0 Å². The second-order valence-electron chi connectivity index (χ2n) is 5.51. The van der Waals surface area contributed by atoms with Gasteiger partial charge >= 0.3 is 0 Å². The fraction of sp³-hybridized carbons (Fsp3) is 0.375. The summed E-state index contributed by atoms with van der Waals surface area (Å²) in [6, 6.07) is 10.0. The number of thiophene rings is 1. The molecule has 0 spiro atoms. The van der Waals surface area contributed by atoms with Gasteiger partial charge in [0.2, 0.25) is 0 Å². The third-order valence-electron chi connectivity index (χ3n) is 3.14. The van der Waals surface area contributed by atoms with Gasteiger partial charge in [0, 0.05) is 24.2 Å². The zero-order valence-electron chi connectivity index (χ0n) is 12.3. The lowest BCUT2D eigenvalue weighted by Crippen LogP contribution is -2.36. The predicted octanol–water partition coefficient (Wildman–Crippen LogP) is 3.68. The van der Waals surface area contributed by atoms with Crippen LogP contribution >= 0.6 is 23.6 Å². The summed E-state index contributed by atoms with van der Waals surface area (Å²) in [5, 5.41) is 1.12. The van der Waals surface area contributed by atoms with E-state index >= 15 is 0 Å². The quantitative estimate of drug-likeness (QED) is 0.826. The van der Waals surface area contributed by atoms with Gasteiger partial charge in [-0.15, -0.1) is 11.3 Å². The Morgan fingerprint density at radius 3 is 2.71 bits per heavy atom. The van der Waals surface area contributed by atoms with Crippen molar-refractivity contribution in [1.82, 2.24) is 4.90 Å². The van der Waals surface area contributed by atoms with Crippen LogP contribution in [-0.2, 0) is 0 Å². The smallest absolute Gasteiger partial charge is 0.263 e. The van der Waals surface area contributed by atoms with E-state index in [0.29, 0.717) is 23.9 Å². The van der Waals surface area contributed by atoms with E-state index in [1.807, 2.05) is 35.2 Å². The Balaban J connectivity index is 2.21. The Bertz CT molecular complexity index is 616. The number of rotatable bonds is 6. The summed E-state index contributed by atoms with van der Waals surface area (Å²) in [7, 11) is 0. The number of benzene rings is 1. The maximum atomic E-state index is 12.7. The van der Waals surface area contributed by atoms with Crippen LogP contribution in [0.5, 0.6) is 0 Å². The Morgan fingerprint density at radius 2 is 2.10 bits per heavy atom. The van der Waals surface area contributed by atoms with E-state index in [2.05, 4.69) is 13.8 Å². The first-order valence-electron chi connectivity index (χ1n) is 7.03. The van der Waals surface area contributed by atoms with Crippen molar-refractivity contribution in [2.24, 2.45) is 11.7 Å². The third-order valence-corrected chi connectivity index (χ3v) is 4.45. The maximum absolute atomic E-state index is 12.7. The number of carbonyl (C=O) groups is 1. The molecule has 1 amide bonds. The minimum absolute atomic E-state index is 0.0705. The molecule has 0 bridgehead atoms. The first-order valence-corrected chi connectivity index (χ1v) is 8.26. The number of thiocarbonyl (C=S) groups is 1. The summed E-state index contributed by atoms with van der Waals surface area (Å²) in [6.07, 6.45) is 0.568. The van der Waals surface area contributed by atoms with E-state index in [0.717, 1.165) is 21.5 Å². The monoisotopic (exact) mass is 320 g/mol. The highest BCUT2D eigenvalue weighted by Crippen LogP contribution is 2.26. The zero-order chi connectivity index (χ0) is 15.4. The highest BCUT2D eigenvalue weighted by Gasteiger charge is 2.19. The SMILES string of the molecule is CC(C)CN(CCC(N)=S)C(=O)c1cc2ccccc2s1. The van der Waals surface area contributed by atoms with Gasteiger partial charge in [-0.3, -0.25) is 4.79 Å². The van der Waals surface area contributed by atoms with Gasteiger partial charge in [-0.1, -0.05) is 44.3 Å². The van der Waals surface area contributed by atoms with E-state index in [-0.39, 0.29) is 5.91 Å². The third kappa shape index (κ3) is 4.25. The molecule has 0 aliphatic heterocycles. The number of hydrogen-bond donors (Lipinski definition) is 1. The highest BCUT2D eigenvalue weighted by molar-refractivity contribution is 7.80. The lowest BCUT2D eigenvalue weighted by molar-refractivity contribution is 0.0746. The predicted molar refractivity (Wildman–Crippen MR) is 94.0 cm³/mol. The molecule has 0 unspecified atom stereocenters. The Kier molecular flexibility index (Phi) is 5.31. The summed E-state index contributed by atoms with van der Waals surface area (Å²) in [6.45, 7) is 5.51. The fourth-order valence-corrected chi connectivity index (χ4v) is 3.33. The molecule has 2 N–H and O–H groups in total.